The van der Waals surface area contributed by atoms with Gasteiger partial charge in [0.25, 0.3) is 0 Å². The molecular formula is C31H20N2O. The fraction of sp³-hybridized carbons (Fsp3) is 0.0645. The summed E-state index contributed by atoms with van der Waals surface area (Å²) in [4.78, 5) is 0. The lowest BCUT2D eigenvalue weighted by Gasteiger charge is -2.16. The molecule has 0 unspecified atom stereocenters. The Balaban J connectivity index is 1.57. The highest BCUT2D eigenvalue weighted by atomic mass is 16.3. The molecule has 3 heteroatoms. The number of hydrogen-bond donors (Lipinski definition) is 0. The van der Waals surface area contributed by atoms with E-state index in [0.29, 0.717) is 5.56 Å². The molecule has 0 saturated heterocycles. The maximum atomic E-state index is 10.1. The van der Waals surface area contributed by atoms with Crippen LogP contribution in [0.15, 0.2) is 95.4 Å². The van der Waals surface area contributed by atoms with Crippen LogP contribution < -0.4 is 0 Å². The Morgan fingerprint density at radius 2 is 1.56 bits per heavy atom. The van der Waals surface area contributed by atoms with Gasteiger partial charge in [-0.25, -0.2) is 0 Å². The summed E-state index contributed by atoms with van der Waals surface area (Å²) in [5.41, 5.74) is 8.07. The van der Waals surface area contributed by atoms with Crippen LogP contribution in [0.2, 0.25) is 0 Å². The topological polar surface area (TPSA) is 41.9 Å². The van der Waals surface area contributed by atoms with Crippen molar-refractivity contribution in [3.05, 3.63) is 108 Å². The average Bonchev–Trinajstić information content (AvgIpc) is 3.43. The number of rotatable bonds is 2. The Bertz CT molecular complexity index is 1770. The molecule has 1 aliphatic rings. The second kappa shape index (κ2) is 7.23. The van der Waals surface area contributed by atoms with E-state index >= 15 is 0 Å². The number of nitriles is 1. The van der Waals surface area contributed by atoms with E-state index in [4.69, 9.17) is 4.42 Å². The van der Waals surface area contributed by atoms with Crippen LogP contribution >= 0.6 is 0 Å². The van der Waals surface area contributed by atoms with Crippen molar-refractivity contribution >= 4 is 38.9 Å². The number of aromatic nitrogens is 1. The smallest absolute Gasteiger partial charge is 0.135 e. The van der Waals surface area contributed by atoms with Gasteiger partial charge in [-0.3, -0.25) is 0 Å². The van der Waals surface area contributed by atoms with Gasteiger partial charge in [-0.2, -0.15) is 5.26 Å². The molecule has 1 aliphatic carbocycles. The van der Waals surface area contributed by atoms with Gasteiger partial charge in [0, 0.05) is 27.3 Å². The zero-order valence-electron chi connectivity index (χ0n) is 18.5. The van der Waals surface area contributed by atoms with Gasteiger partial charge in [-0.15, -0.1) is 0 Å². The van der Waals surface area contributed by atoms with Crippen molar-refractivity contribution in [1.82, 2.24) is 4.57 Å². The molecule has 160 valence electrons. The number of hydrogen-bond acceptors (Lipinski definition) is 2. The third-order valence-corrected chi connectivity index (χ3v) is 6.92. The molecule has 0 saturated carbocycles. The molecule has 2 aromatic heterocycles. The summed E-state index contributed by atoms with van der Waals surface area (Å²) in [6.45, 7) is 0. The summed E-state index contributed by atoms with van der Waals surface area (Å²) in [6.07, 6.45) is 6.27. The van der Waals surface area contributed by atoms with Gasteiger partial charge >= 0.3 is 0 Å². The molecule has 0 radical (unpaired) electrons. The van der Waals surface area contributed by atoms with Crippen molar-refractivity contribution in [1.29, 1.82) is 5.26 Å². The molecule has 0 atom stereocenters. The molecule has 0 bridgehead atoms. The van der Waals surface area contributed by atoms with Crippen LogP contribution in [0.1, 0.15) is 23.3 Å². The van der Waals surface area contributed by atoms with E-state index < -0.39 is 0 Å². The first-order chi connectivity index (χ1) is 16.8. The minimum atomic E-state index is 0.654. The number of furan rings is 1. The van der Waals surface area contributed by atoms with E-state index in [0.717, 1.165) is 57.4 Å². The second-order valence-corrected chi connectivity index (χ2v) is 8.78. The third-order valence-electron chi connectivity index (χ3n) is 6.92. The van der Waals surface area contributed by atoms with Gasteiger partial charge in [-0.05, 0) is 54.8 Å². The summed E-state index contributed by atoms with van der Waals surface area (Å²) in [5, 5.41) is 13.7. The van der Waals surface area contributed by atoms with E-state index in [1.807, 2.05) is 12.1 Å². The summed E-state index contributed by atoms with van der Waals surface area (Å²) in [6, 6.07) is 31.7. The Morgan fingerprint density at radius 1 is 0.794 bits per heavy atom. The van der Waals surface area contributed by atoms with Crippen LogP contribution in [-0.4, -0.2) is 4.57 Å². The number of para-hydroxylation sites is 3. The minimum Gasteiger partial charge on any atom is -0.456 e. The van der Waals surface area contributed by atoms with Crippen molar-refractivity contribution in [2.45, 2.75) is 12.8 Å². The molecule has 34 heavy (non-hydrogen) atoms. The first kappa shape index (κ1) is 19.0. The second-order valence-electron chi connectivity index (χ2n) is 8.78. The van der Waals surface area contributed by atoms with Gasteiger partial charge < -0.3 is 8.98 Å². The maximum absolute atomic E-state index is 10.1. The molecule has 6 aromatic rings. The largest absolute Gasteiger partial charge is 0.456 e. The predicted molar refractivity (Wildman–Crippen MR) is 138 cm³/mol. The van der Waals surface area contributed by atoms with Crippen molar-refractivity contribution in [2.24, 2.45) is 0 Å². The van der Waals surface area contributed by atoms with Crippen molar-refractivity contribution in [2.75, 3.05) is 0 Å². The lowest BCUT2D eigenvalue weighted by atomic mass is 9.96. The Morgan fingerprint density at radius 3 is 2.32 bits per heavy atom. The number of fused-ring (bicyclic) bond motifs is 6. The number of benzene rings is 4. The lowest BCUT2D eigenvalue weighted by Crippen LogP contribution is -2.00. The van der Waals surface area contributed by atoms with E-state index in [1.165, 1.54) is 16.3 Å². The van der Waals surface area contributed by atoms with Crippen LogP contribution in [-0.2, 0) is 6.42 Å². The van der Waals surface area contributed by atoms with Gasteiger partial charge in [0.15, 0.2) is 0 Å². The predicted octanol–water partition coefficient (Wildman–Crippen LogP) is 8.03. The first-order valence-electron chi connectivity index (χ1n) is 11.6. The molecule has 0 aliphatic heterocycles. The molecular weight excluding hydrogens is 416 g/mol. The lowest BCUT2D eigenvalue weighted by molar-refractivity contribution is 0.595. The highest BCUT2D eigenvalue weighted by molar-refractivity contribution is 6.10. The normalized spacial score (nSPS) is 12.9. The number of allylic oxidation sites excluding steroid dienone is 1. The summed E-state index contributed by atoms with van der Waals surface area (Å²) in [5.74, 6) is 0.965. The van der Waals surface area contributed by atoms with E-state index in [-0.39, 0.29) is 0 Å². The Kier molecular flexibility index (Phi) is 4.03. The summed E-state index contributed by atoms with van der Waals surface area (Å²) < 4.78 is 8.35. The summed E-state index contributed by atoms with van der Waals surface area (Å²) >= 11 is 0. The van der Waals surface area contributed by atoms with E-state index in [1.54, 1.807) is 0 Å². The molecule has 0 fully saturated rings. The fourth-order valence-corrected chi connectivity index (χ4v) is 5.42. The van der Waals surface area contributed by atoms with Gasteiger partial charge in [-0.1, -0.05) is 60.7 Å². The van der Waals surface area contributed by atoms with Crippen LogP contribution in [0, 0.1) is 11.3 Å². The highest BCUT2D eigenvalue weighted by Crippen LogP contribution is 2.39. The van der Waals surface area contributed by atoms with Gasteiger partial charge in [0.1, 0.15) is 17.4 Å². The monoisotopic (exact) mass is 436 g/mol. The molecule has 7 rings (SSSR count). The fourth-order valence-electron chi connectivity index (χ4n) is 5.42. The molecule has 0 amide bonds. The molecule has 3 nitrogen and oxygen atoms in total. The van der Waals surface area contributed by atoms with E-state index in [2.05, 4.69) is 95.6 Å². The third kappa shape index (κ3) is 2.63. The first-order valence-corrected chi connectivity index (χ1v) is 11.6. The minimum absolute atomic E-state index is 0.654. The highest BCUT2D eigenvalue weighted by Gasteiger charge is 2.20. The Hall–Kier alpha value is -4.55. The molecule has 2 heterocycles. The zero-order chi connectivity index (χ0) is 22.6. The number of nitrogens with zero attached hydrogens (tertiary/aromatic N) is 2. The van der Waals surface area contributed by atoms with Crippen molar-refractivity contribution in [3.8, 4) is 22.9 Å². The van der Waals surface area contributed by atoms with E-state index in [9.17, 15) is 5.26 Å². The molecule has 0 N–H and O–H groups in total. The Labute approximate surface area is 196 Å². The van der Waals surface area contributed by atoms with Crippen LogP contribution in [0.5, 0.6) is 0 Å². The van der Waals surface area contributed by atoms with Gasteiger partial charge in [0.05, 0.1) is 22.3 Å². The SMILES string of the molecule is N#Cc1cccc(-c2ccc3oc4c(c3c2)CCC=C4)c1-n1c2ccccc2c2ccccc21. The maximum Gasteiger partial charge on any atom is 0.135 e. The molecule has 4 aromatic carbocycles. The molecule has 0 spiro atoms. The van der Waals surface area contributed by atoms with Gasteiger partial charge in [0.2, 0.25) is 0 Å². The number of aryl methyl sites for hydroxylation is 1. The van der Waals surface area contributed by atoms with Crippen LogP contribution in [0.3, 0.4) is 0 Å². The zero-order valence-corrected chi connectivity index (χ0v) is 18.5. The average molecular weight is 437 g/mol. The standard InChI is InChI=1S/C31H20N2O/c32-19-21-8-7-12-22(20-16-17-30-26(18-20)25-11-3-6-15-29(25)34-30)31(21)33-27-13-4-1-9-23(27)24-10-2-5-14-28(24)33/h1-2,4-10,12-18H,3,11H2. The summed E-state index contributed by atoms with van der Waals surface area (Å²) in [7, 11) is 0. The quantitative estimate of drug-likeness (QED) is 0.276. The van der Waals surface area contributed by atoms with Crippen molar-refractivity contribution in [3.63, 3.8) is 0 Å². The van der Waals surface area contributed by atoms with Crippen LogP contribution in [0.4, 0.5) is 0 Å². The van der Waals surface area contributed by atoms with Crippen molar-refractivity contribution < 1.29 is 4.42 Å². The van der Waals surface area contributed by atoms with Crippen LogP contribution in [0.25, 0.3) is 55.7 Å².